The second-order valence-corrected chi connectivity index (χ2v) is 7.35. The van der Waals surface area contributed by atoms with Crippen LogP contribution in [0.3, 0.4) is 0 Å². The van der Waals surface area contributed by atoms with Gasteiger partial charge in [0.2, 0.25) is 0 Å². The zero-order valence-corrected chi connectivity index (χ0v) is 12.1. The van der Waals surface area contributed by atoms with Gasteiger partial charge in [0.25, 0.3) is 0 Å². The van der Waals surface area contributed by atoms with Crippen LogP contribution in [0.4, 0.5) is 5.82 Å². The van der Waals surface area contributed by atoms with E-state index >= 15 is 0 Å². The Morgan fingerprint density at radius 2 is 1.68 bits per heavy atom. The van der Waals surface area contributed by atoms with Crippen molar-refractivity contribution in [3.05, 3.63) is 11.5 Å². The standard InChI is InChI=1S/C16H25N3/c1-9-18-15(16(17)19(9)2)8-14-12-4-10-3-11(6-12)7-13(14)5-10/h10-14H,3-8,17H2,1-2H3. The largest absolute Gasteiger partial charge is 0.384 e. The van der Waals surface area contributed by atoms with Gasteiger partial charge in [-0.3, -0.25) is 0 Å². The first kappa shape index (κ1) is 11.8. The number of imidazole rings is 1. The summed E-state index contributed by atoms with van der Waals surface area (Å²) in [4.78, 5) is 4.70. The van der Waals surface area contributed by atoms with Crippen molar-refractivity contribution >= 4 is 5.82 Å². The lowest BCUT2D eigenvalue weighted by atomic mass is 9.51. The maximum Gasteiger partial charge on any atom is 0.126 e. The minimum Gasteiger partial charge on any atom is -0.384 e. The second-order valence-electron chi connectivity index (χ2n) is 7.35. The van der Waals surface area contributed by atoms with E-state index in [9.17, 15) is 0 Å². The number of anilines is 1. The van der Waals surface area contributed by atoms with Crippen LogP contribution >= 0.6 is 0 Å². The Morgan fingerprint density at radius 1 is 1.11 bits per heavy atom. The van der Waals surface area contributed by atoms with E-state index in [1.165, 1.54) is 32.1 Å². The third-order valence-electron chi connectivity index (χ3n) is 6.29. The van der Waals surface area contributed by atoms with E-state index in [-0.39, 0.29) is 0 Å². The molecule has 104 valence electrons. The molecule has 0 spiro atoms. The number of nitrogen functional groups attached to an aromatic ring is 1. The van der Waals surface area contributed by atoms with Crippen molar-refractivity contribution in [2.75, 3.05) is 5.73 Å². The van der Waals surface area contributed by atoms with Crippen LogP contribution in [0.25, 0.3) is 0 Å². The highest BCUT2D eigenvalue weighted by Gasteiger charge is 2.48. The van der Waals surface area contributed by atoms with E-state index in [4.69, 9.17) is 10.7 Å². The van der Waals surface area contributed by atoms with E-state index in [2.05, 4.69) is 6.92 Å². The fourth-order valence-corrected chi connectivity index (χ4v) is 5.44. The molecule has 4 bridgehead atoms. The maximum absolute atomic E-state index is 6.21. The molecule has 4 fully saturated rings. The highest BCUT2D eigenvalue weighted by Crippen LogP contribution is 2.57. The number of nitrogens with two attached hydrogens (primary N) is 1. The van der Waals surface area contributed by atoms with Gasteiger partial charge in [-0.15, -0.1) is 0 Å². The van der Waals surface area contributed by atoms with Crippen molar-refractivity contribution in [2.45, 2.75) is 45.4 Å². The van der Waals surface area contributed by atoms with E-state index in [1.54, 1.807) is 0 Å². The fourth-order valence-electron chi connectivity index (χ4n) is 5.44. The molecule has 4 aliphatic rings. The van der Waals surface area contributed by atoms with Crippen LogP contribution < -0.4 is 5.73 Å². The van der Waals surface area contributed by atoms with Gasteiger partial charge in [0.15, 0.2) is 0 Å². The lowest BCUT2D eigenvalue weighted by Gasteiger charge is -2.54. The molecule has 0 amide bonds. The number of rotatable bonds is 2. The van der Waals surface area contributed by atoms with Crippen LogP contribution in [0.15, 0.2) is 0 Å². The summed E-state index contributed by atoms with van der Waals surface area (Å²) in [6.45, 7) is 2.05. The normalized spacial score (nSPS) is 40.0. The summed E-state index contributed by atoms with van der Waals surface area (Å²) in [6, 6.07) is 0. The molecule has 0 radical (unpaired) electrons. The SMILES string of the molecule is Cc1nc(CC2C3CC4CC(C3)CC2C4)c(N)n1C. The third-order valence-corrected chi connectivity index (χ3v) is 6.29. The van der Waals surface area contributed by atoms with Crippen LogP contribution in [0.5, 0.6) is 0 Å². The van der Waals surface area contributed by atoms with E-state index in [1.807, 2.05) is 11.6 Å². The summed E-state index contributed by atoms with van der Waals surface area (Å²) >= 11 is 0. The third kappa shape index (κ3) is 1.73. The molecule has 19 heavy (non-hydrogen) atoms. The molecule has 0 atom stereocenters. The minimum atomic E-state index is 0.865. The first-order chi connectivity index (χ1) is 9.11. The molecule has 0 aliphatic heterocycles. The van der Waals surface area contributed by atoms with E-state index < -0.39 is 0 Å². The molecule has 4 aliphatic carbocycles. The summed E-state index contributed by atoms with van der Waals surface area (Å²) in [5.41, 5.74) is 7.37. The van der Waals surface area contributed by atoms with Gasteiger partial charge in [-0.2, -0.15) is 0 Å². The average Bonchev–Trinajstić information content (AvgIpc) is 2.60. The topological polar surface area (TPSA) is 43.8 Å². The Kier molecular flexibility index (Phi) is 2.49. The molecule has 2 N–H and O–H groups in total. The molecule has 1 aromatic rings. The number of aromatic nitrogens is 2. The van der Waals surface area contributed by atoms with Crippen LogP contribution in [0.1, 0.15) is 43.6 Å². The Balaban J connectivity index is 1.58. The molecule has 4 saturated carbocycles. The number of hydrogen-bond donors (Lipinski definition) is 1. The molecule has 5 rings (SSSR count). The average molecular weight is 259 g/mol. The van der Waals surface area contributed by atoms with Gasteiger partial charge in [0.05, 0.1) is 5.69 Å². The van der Waals surface area contributed by atoms with Gasteiger partial charge >= 0.3 is 0 Å². The fraction of sp³-hybridized carbons (Fsp3) is 0.812. The highest BCUT2D eigenvalue weighted by atomic mass is 15.1. The molecule has 3 nitrogen and oxygen atoms in total. The van der Waals surface area contributed by atoms with Gasteiger partial charge in [0.1, 0.15) is 11.6 Å². The van der Waals surface area contributed by atoms with Gasteiger partial charge in [-0.25, -0.2) is 4.98 Å². The van der Waals surface area contributed by atoms with Crippen molar-refractivity contribution in [1.29, 1.82) is 0 Å². The molecule has 1 aromatic heterocycles. The van der Waals surface area contributed by atoms with E-state index in [0.29, 0.717) is 0 Å². The Morgan fingerprint density at radius 3 is 2.16 bits per heavy atom. The van der Waals surface area contributed by atoms with Crippen LogP contribution in [-0.2, 0) is 13.5 Å². The predicted octanol–water partition coefficient (Wildman–Crippen LogP) is 2.93. The van der Waals surface area contributed by atoms with Gasteiger partial charge in [-0.1, -0.05) is 0 Å². The zero-order valence-electron chi connectivity index (χ0n) is 12.1. The monoisotopic (exact) mass is 259 g/mol. The summed E-state index contributed by atoms with van der Waals surface area (Å²) in [6.07, 6.45) is 8.62. The Bertz CT molecular complexity index is 474. The number of hydrogen-bond acceptors (Lipinski definition) is 2. The first-order valence-electron chi connectivity index (χ1n) is 7.89. The molecule has 3 heteroatoms. The molecular formula is C16H25N3. The van der Waals surface area contributed by atoms with Crippen LogP contribution in [0.2, 0.25) is 0 Å². The summed E-state index contributed by atoms with van der Waals surface area (Å²) in [5.74, 6) is 6.87. The summed E-state index contributed by atoms with van der Waals surface area (Å²) in [5, 5.41) is 0. The van der Waals surface area contributed by atoms with Crippen molar-refractivity contribution < 1.29 is 0 Å². The second kappa shape index (κ2) is 4.00. The molecule has 1 heterocycles. The quantitative estimate of drug-likeness (QED) is 0.887. The minimum absolute atomic E-state index is 0.865. The summed E-state index contributed by atoms with van der Waals surface area (Å²) in [7, 11) is 2.03. The van der Waals surface area contributed by atoms with Crippen molar-refractivity contribution in [2.24, 2.45) is 36.6 Å². The molecule has 0 saturated heterocycles. The predicted molar refractivity (Wildman–Crippen MR) is 76.6 cm³/mol. The number of aryl methyl sites for hydroxylation is 1. The molecular weight excluding hydrogens is 234 g/mol. The van der Waals surface area contributed by atoms with E-state index in [0.717, 1.165) is 53.3 Å². The smallest absolute Gasteiger partial charge is 0.126 e. The zero-order chi connectivity index (χ0) is 13.1. The van der Waals surface area contributed by atoms with Gasteiger partial charge in [0, 0.05) is 7.05 Å². The summed E-state index contributed by atoms with van der Waals surface area (Å²) < 4.78 is 2.03. The lowest BCUT2D eigenvalue weighted by Crippen LogP contribution is -2.45. The highest BCUT2D eigenvalue weighted by molar-refractivity contribution is 5.38. The Hall–Kier alpha value is -0.990. The van der Waals surface area contributed by atoms with Gasteiger partial charge in [-0.05, 0) is 75.0 Å². The van der Waals surface area contributed by atoms with Gasteiger partial charge < -0.3 is 10.3 Å². The molecule has 0 unspecified atom stereocenters. The Labute approximate surface area is 115 Å². The first-order valence-corrected chi connectivity index (χ1v) is 7.89. The van der Waals surface area contributed by atoms with Crippen LogP contribution in [0, 0.1) is 36.5 Å². The number of nitrogens with zero attached hydrogens (tertiary/aromatic N) is 2. The van der Waals surface area contributed by atoms with Crippen molar-refractivity contribution in [3.8, 4) is 0 Å². The van der Waals surface area contributed by atoms with Crippen LogP contribution in [-0.4, -0.2) is 9.55 Å². The van der Waals surface area contributed by atoms with Crippen molar-refractivity contribution in [3.63, 3.8) is 0 Å². The maximum atomic E-state index is 6.21. The lowest BCUT2D eigenvalue weighted by molar-refractivity contribution is -0.0362. The molecule has 0 aromatic carbocycles. The van der Waals surface area contributed by atoms with Crippen molar-refractivity contribution in [1.82, 2.24) is 9.55 Å².